The standard InChI is InChI=1S/C10H17ClN2O3/c1-3-8-6-16-7(2)5-13(8)10(15)12-9(14)4-11/h7-8H,3-6H2,1-2H3,(H,12,14,15). The van der Waals surface area contributed by atoms with Crippen LogP contribution in [0.5, 0.6) is 0 Å². The number of imide groups is 1. The number of alkyl halides is 1. The third kappa shape index (κ3) is 3.35. The van der Waals surface area contributed by atoms with Gasteiger partial charge in [0.05, 0.1) is 18.8 Å². The molecule has 5 nitrogen and oxygen atoms in total. The van der Waals surface area contributed by atoms with E-state index in [0.29, 0.717) is 13.2 Å². The maximum atomic E-state index is 11.8. The molecular formula is C10H17ClN2O3. The maximum absolute atomic E-state index is 11.8. The summed E-state index contributed by atoms with van der Waals surface area (Å²) >= 11 is 5.33. The number of ether oxygens (including phenoxy) is 1. The van der Waals surface area contributed by atoms with Crippen LogP contribution in [0.25, 0.3) is 0 Å². The minimum absolute atomic E-state index is 0.000321. The van der Waals surface area contributed by atoms with Crippen molar-refractivity contribution in [3.63, 3.8) is 0 Å². The van der Waals surface area contributed by atoms with Crippen LogP contribution in [0.1, 0.15) is 20.3 Å². The fraction of sp³-hybridized carbons (Fsp3) is 0.800. The van der Waals surface area contributed by atoms with Gasteiger partial charge in [-0.2, -0.15) is 0 Å². The number of hydrogen-bond donors (Lipinski definition) is 1. The minimum Gasteiger partial charge on any atom is -0.375 e. The Morgan fingerprint density at radius 3 is 2.81 bits per heavy atom. The van der Waals surface area contributed by atoms with Crippen LogP contribution >= 0.6 is 11.6 Å². The van der Waals surface area contributed by atoms with Gasteiger partial charge in [-0.1, -0.05) is 6.92 Å². The summed E-state index contributed by atoms with van der Waals surface area (Å²) in [6, 6.07) is -0.355. The number of carbonyl (C=O) groups is 2. The predicted molar refractivity (Wildman–Crippen MR) is 60.5 cm³/mol. The highest BCUT2D eigenvalue weighted by Crippen LogP contribution is 2.14. The van der Waals surface area contributed by atoms with Crippen LogP contribution in [0.2, 0.25) is 0 Å². The molecule has 2 unspecified atom stereocenters. The van der Waals surface area contributed by atoms with Crippen LogP contribution in [0.15, 0.2) is 0 Å². The zero-order valence-corrected chi connectivity index (χ0v) is 10.3. The van der Waals surface area contributed by atoms with Gasteiger partial charge < -0.3 is 9.64 Å². The molecule has 1 heterocycles. The lowest BCUT2D eigenvalue weighted by Crippen LogP contribution is -2.55. The van der Waals surface area contributed by atoms with E-state index in [1.54, 1.807) is 4.90 Å². The van der Waals surface area contributed by atoms with Gasteiger partial charge >= 0.3 is 6.03 Å². The SMILES string of the molecule is CCC1COC(C)CN1C(=O)NC(=O)CCl. The van der Waals surface area contributed by atoms with Gasteiger partial charge in [0.2, 0.25) is 5.91 Å². The fourth-order valence-corrected chi connectivity index (χ4v) is 1.72. The second-order valence-electron chi connectivity index (χ2n) is 3.85. The zero-order valence-electron chi connectivity index (χ0n) is 9.53. The van der Waals surface area contributed by atoms with Crippen LogP contribution in [-0.2, 0) is 9.53 Å². The van der Waals surface area contributed by atoms with E-state index in [0.717, 1.165) is 6.42 Å². The van der Waals surface area contributed by atoms with Crippen molar-refractivity contribution >= 4 is 23.5 Å². The number of morpholine rings is 1. The van der Waals surface area contributed by atoms with E-state index in [1.807, 2.05) is 13.8 Å². The van der Waals surface area contributed by atoms with Gasteiger partial charge in [0, 0.05) is 6.54 Å². The zero-order chi connectivity index (χ0) is 12.1. The highest BCUT2D eigenvalue weighted by atomic mass is 35.5. The van der Waals surface area contributed by atoms with Crippen LogP contribution in [0.4, 0.5) is 4.79 Å². The molecule has 1 aliphatic heterocycles. The molecule has 0 spiro atoms. The summed E-state index contributed by atoms with van der Waals surface area (Å²) in [5.41, 5.74) is 0. The van der Waals surface area contributed by atoms with Gasteiger partial charge in [-0.15, -0.1) is 11.6 Å². The average molecular weight is 249 g/mol. The van der Waals surface area contributed by atoms with E-state index in [1.165, 1.54) is 0 Å². The van der Waals surface area contributed by atoms with E-state index in [2.05, 4.69) is 5.32 Å². The summed E-state index contributed by atoms with van der Waals surface area (Å²) < 4.78 is 5.46. The van der Waals surface area contributed by atoms with E-state index < -0.39 is 5.91 Å². The molecule has 0 aromatic rings. The number of halogens is 1. The average Bonchev–Trinajstić information content (AvgIpc) is 2.28. The van der Waals surface area contributed by atoms with Crippen LogP contribution in [-0.4, -0.2) is 48.0 Å². The molecule has 0 saturated carbocycles. The first-order valence-corrected chi connectivity index (χ1v) is 5.90. The molecule has 0 aliphatic carbocycles. The lowest BCUT2D eigenvalue weighted by molar-refractivity contribution is -0.118. The Balaban J connectivity index is 2.59. The normalized spacial score (nSPS) is 25.3. The Kier molecular flexibility index (Phi) is 5.02. The molecular weight excluding hydrogens is 232 g/mol. The molecule has 1 N–H and O–H groups in total. The summed E-state index contributed by atoms with van der Waals surface area (Å²) in [7, 11) is 0. The van der Waals surface area contributed by atoms with Crippen molar-refractivity contribution in [1.29, 1.82) is 0 Å². The van der Waals surface area contributed by atoms with E-state index >= 15 is 0 Å². The molecule has 1 fully saturated rings. The molecule has 0 bridgehead atoms. The topological polar surface area (TPSA) is 58.6 Å². The van der Waals surface area contributed by atoms with Crippen molar-refractivity contribution in [3.05, 3.63) is 0 Å². The van der Waals surface area contributed by atoms with Gasteiger partial charge in [0.25, 0.3) is 0 Å². The number of carbonyl (C=O) groups excluding carboxylic acids is 2. The van der Waals surface area contributed by atoms with Gasteiger partial charge in [0.15, 0.2) is 0 Å². The van der Waals surface area contributed by atoms with Gasteiger partial charge in [-0.25, -0.2) is 4.79 Å². The van der Waals surface area contributed by atoms with Gasteiger partial charge in [-0.3, -0.25) is 10.1 Å². The van der Waals surface area contributed by atoms with E-state index in [-0.39, 0.29) is 24.1 Å². The lowest BCUT2D eigenvalue weighted by atomic mass is 10.1. The summed E-state index contributed by atoms with van der Waals surface area (Å²) in [4.78, 5) is 24.4. The van der Waals surface area contributed by atoms with Gasteiger partial charge in [-0.05, 0) is 13.3 Å². The third-order valence-electron chi connectivity index (χ3n) is 2.57. The van der Waals surface area contributed by atoms with E-state index in [9.17, 15) is 9.59 Å². The number of hydrogen-bond acceptors (Lipinski definition) is 3. The molecule has 2 atom stereocenters. The summed E-state index contributed by atoms with van der Waals surface area (Å²) in [5, 5.41) is 2.24. The van der Waals surface area contributed by atoms with Crippen molar-refractivity contribution in [1.82, 2.24) is 10.2 Å². The monoisotopic (exact) mass is 248 g/mol. The first-order chi connectivity index (χ1) is 7.58. The molecule has 92 valence electrons. The number of amides is 3. The molecule has 0 aromatic carbocycles. The van der Waals surface area contributed by atoms with E-state index in [4.69, 9.17) is 16.3 Å². The summed E-state index contributed by atoms with van der Waals surface area (Å²) in [6.07, 6.45) is 0.800. The van der Waals surface area contributed by atoms with Crippen LogP contribution in [0, 0.1) is 0 Å². The molecule has 3 amide bonds. The van der Waals surface area contributed by atoms with Gasteiger partial charge in [0.1, 0.15) is 5.88 Å². The number of nitrogens with zero attached hydrogens (tertiary/aromatic N) is 1. The molecule has 0 radical (unpaired) electrons. The number of urea groups is 1. The number of rotatable bonds is 2. The highest BCUT2D eigenvalue weighted by molar-refractivity contribution is 6.28. The first kappa shape index (κ1) is 13.3. The molecule has 1 aliphatic rings. The molecule has 1 saturated heterocycles. The Bertz CT molecular complexity index is 273. The minimum atomic E-state index is -0.472. The number of nitrogens with one attached hydrogen (secondary N) is 1. The van der Waals surface area contributed by atoms with Crippen molar-refractivity contribution < 1.29 is 14.3 Å². The second-order valence-corrected chi connectivity index (χ2v) is 4.11. The largest absolute Gasteiger partial charge is 0.375 e. The maximum Gasteiger partial charge on any atom is 0.324 e. The van der Waals surface area contributed by atoms with Crippen molar-refractivity contribution in [3.8, 4) is 0 Å². The van der Waals surface area contributed by atoms with Crippen molar-refractivity contribution in [2.75, 3.05) is 19.0 Å². The molecule has 6 heteroatoms. The van der Waals surface area contributed by atoms with Crippen molar-refractivity contribution in [2.24, 2.45) is 0 Å². The van der Waals surface area contributed by atoms with Crippen LogP contribution in [0.3, 0.4) is 0 Å². The summed E-state index contributed by atoms with van der Waals surface area (Å²) in [5.74, 6) is -0.678. The Labute approximate surface area is 100 Å². The quantitative estimate of drug-likeness (QED) is 0.741. The van der Waals surface area contributed by atoms with Crippen molar-refractivity contribution in [2.45, 2.75) is 32.4 Å². The third-order valence-corrected chi connectivity index (χ3v) is 2.81. The smallest absolute Gasteiger partial charge is 0.324 e. The second kappa shape index (κ2) is 6.06. The Morgan fingerprint density at radius 2 is 2.25 bits per heavy atom. The molecule has 16 heavy (non-hydrogen) atoms. The Hall–Kier alpha value is -0.810. The predicted octanol–water partition coefficient (Wildman–Crippen LogP) is 0.961. The Morgan fingerprint density at radius 1 is 1.56 bits per heavy atom. The first-order valence-electron chi connectivity index (χ1n) is 5.36. The van der Waals surface area contributed by atoms with Crippen LogP contribution < -0.4 is 5.32 Å². The summed E-state index contributed by atoms with van der Waals surface area (Å²) in [6.45, 7) is 4.89. The molecule has 1 rings (SSSR count). The highest BCUT2D eigenvalue weighted by Gasteiger charge is 2.29. The lowest BCUT2D eigenvalue weighted by Gasteiger charge is -2.37. The fourth-order valence-electron chi connectivity index (χ4n) is 1.66. The molecule has 0 aromatic heterocycles.